The Bertz CT molecular complexity index is 304. The van der Waals surface area contributed by atoms with Gasteiger partial charge in [0.15, 0.2) is 0 Å². The molecule has 0 aromatic heterocycles. The molecule has 1 aliphatic rings. The average molecular weight is 270 g/mol. The Hall–Kier alpha value is -0.0100. The summed E-state index contributed by atoms with van der Waals surface area (Å²) >= 11 is 0. The van der Waals surface area contributed by atoms with Gasteiger partial charge in [-0.25, -0.2) is 0 Å². The normalized spacial score (nSPS) is 41.4. The van der Waals surface area contributed by atoms with Crippen molar-refractivity contribution in [2.75, 3.05) is 27.0 Å². The summed E-state index contributed by atoms with van der Waals surface area (Å²) < 4.78 is 26.6. The van der Waals surface area contributed by atoms with E-state index in [2.05, 4.69) is 0 Å². The van der Waals surface area contributed by atoms with E-state index in [9.17, 15) is 19.7 Å². The molecule has 0 radical (unpaired) electrons. The molecule has 5 atom stereocenters. The van der Waals surface area contributed by atoms with Crippen LogP contribution in [0.3, 0.4) is 0 Å². The second-order valence-electron chi connectivity index (χ2n) is 4.30. The molecule has 8 heteroatoms. The number of rotatable bonds is 5. The minimum atomic E-state index is -3.80. The molecule has 7 nitrogen and oxygen atoms in total. The monoisotopic (exact) mass is 270 g/mol. The van der Waals surface area contributed by atoms with Crippen LogP contribution < -0.4 is 0 Å². The standard InChI is InChI=1S/C9H19O7P/c1-6-7(11)8(16-17(3,12)13)9(4-10,15-6)5-14-2/h6-8,10-11H,4-5H2,1-3H3,(H,12,13)/t6-,7+,8?,9+/m0/s1. The lowest BCUT2D eigenvalue weighted by atomic mass is 9.96. The van der Waals surface area contributed by atoms with Gasteiger partial charge in [0.25, 0.3) is 0 Å². The van der Waals surface area contributed by atoms with Gasteiger partial charge >= 0.3 is 7.60 Å². The van der Waals surface area contributed by atoms with Crippen LogP contribution in [0.25, 0.3) is 0 Å². The van der Waals surface area contributed by atoms with Crippen molar-refractivity contribution in [2.24, 2.45) is 0 Å². The Kier molecular flexibility index (Phi) is 4.71. The lowest BCUT2D eigenvalue weighted by molar-refractivity contribution is -0.135. The molecule has 0 amide bonds. The Morgan fingerprint density at radius 2 is 2.12 bits per heavy atom. The number of aliphatic hydroxyl groups excluding tert-OH is 2. The zero-order valence-corrected chi connectivity index (χ0v) is 11.0. The summed E-state index contributed by atoms with van der Waals surface area (Å²) in [5.74, 6) is 0. The summed E-state index contributed by atoms with van der Waals surface area (Å²) in [6.07, 6.45) is -2.82. The Balaban J connectivity index is 2.97. The highest BCUT2D eigenvalue weighted by Gasteiger charge is 2.55. The van der Waals surface area contributed by atoms with E-state index in [4.69, 9.17) is 14.0 Å². The topological polar surface area (TPSA) is 105 Å². The van der Waals surface area contributed by atoms with Gasteiger partial charge < -0.3 is 24.6 Å². The van der Waals surface area contributed by atoms with Crippen molar-refractivity contribution in [3.05, 3.63) is 0 Å². The van der Waals surface area contributed by atoms with E-state index in [-0.39, 0.29) is 6.61 Å². The van der Waals surface area contributed by atoms with E-state index < -0.39 is 38.1 Å². The van der Waals surface area contributed by atoms with Crippen molar-refractivity contribution in [3.8, 4) is 0 Å². The van der Waals surface area contributed by atoms with Crippen LogP contribution in [0, 0.1) is 0 Å². The third-order valence-corrected chi connectivity index (χ3v) is 3.31. The SMILES string of the molecule is COC[C@@]1(CO)O[C@@H](C)[C@@H](O)C1OP(C)(=O)O. The third kappa shape index (κ3) is 3.26. The summed E-state index contributed by atoms with van der Waals surface area (Å²) in [7, 11) is -2.40. The number of methoxy groups -OCH3 is 1. The molecule has 3 N–H and O–H groups in total. The van der Waals surface area contributed by atoms with Gasteiger partial charge in [-0.15, -0.1) is 0 Å². The predicted octanol–water partition coefficient (Wildman–Crippen LogP) is -0.656. The van der Waals surface area contributed by atoms with Crippen molar-refractivity contribution in [2.45, 2.75) is 30.8 Å². The van der Waals surface area contributed by atoms with Crippen molar-refractivity contribution in [1.82, 2.24) is 0 Å². The van der Waals surface area contributed by atoms with Crippen LogP contribution in [0.5, 0.6) is 0 Å². The lowest BCUT2D eigenvalue weighted by Crippen LogP contribution is -2.50. The van der Waals surface area contributed by atoms with Gasteiger partial charge in [0.05, 0.1) is 19.3 Å². The first-order chi connectivity index (χ1) is 7.75. The maximum Gasteiger partial charge on any atom is 0.325 e. The summed E-state index contributed by atoms with van der Waals surface area (Å²) in [6, 6.07) is 0. The van der Waals surface area contributed by atoms with Gasteiger partial charge in [0.1, 0.15) is 17.8 Å². The molecule has 0 bridgehead atoms. The molecular formula is C9H19O7P. The van der Waals surface area contributed by atoms with Crippen LogP contribution in [0.15, 0.2) is 0 Å². The third-order valence-electron chi connectivity index (χ3n) is 2.70. The average Bonchev–Trinajstić information content (AvgIpc) is 2.42. The number of aliphatic hydroxyl groups is 2. The fourth-order valence-electron chi connectivity index (χ4n) is 1.97. The van der Waals surface area contributed by atoms with Crippen molar-refractivity contribution in [3.63, 3.8) is 0 Å². The molecule has 0 saturated carbocycles. The highest BCUT2D eigenvalue weighted by Crippen LogP contribution is 2.45. The smallest absolute Gasteiger partial charge is 0.325 e. The van der Waals surface area contributed by atoms with Crippen molar-refractivity contribution in [1.29, 1.82) is 0 Å². The molecule has 0 aromatic rings. The first kappa shape index (κ1) is 15.0. The van der Waals surface area contributed by atoms with Crippen molar-refractivity contribution >= 4 is 7.60 Å². The highest BCUT2D eigenvalue weighted by atomic mass is 31.2. The second-order valence-corrected chi connectivity index (χ2v) is 6.12. The van der Waals surface area contributed by atoms with Gasteiger partial charge in [-0.05, 0) is 6.92 Å². The van der Waals surface area contributed by atoms with Gasteiger partial charge in [0.2, 0.25) is 0 Å². The Labute approximate surface area is 99.8 Å². The highest BCUT2D eigenvalue weighted by molar-refractivity contribution is 7.51. The maximum atomic E-state index is 11.3. The molecule has 2 unspecified atom stereocenters. The quantitative estimate of drug-likeness (QED) is 0.570. The first-order valence-electron chi connectivity index (χ1n) is 5.20. The predicted molar refractivity (Wildman–Crippen MR) is 58.9 cm³/mol. The van der Waals surface area contributed by atoms with Gasteiger partial charge in [-0.2, -0.15) is 0 Å². The molecular weight excluding hydrogens is 251 g/mol. The van der Waals surface area contributed by atoms with Crippen LogP contribution >= 0.6 is 7.60 Å². The van der Waals surface area contributed by atoms with E-state index in [0.717, 1.165) is 6.66 Å². The molecule has 1 rings (SSSR count). The first-order valence-corrected chi connectivity index (χ1v) is 7.22. The molecule has 0 spiro atoms. The molecule has 1 fully saturated rings. The molecule has 0 aromatic carbocycles. The maximum absolute atomic E-state index is 11.3. The Morgan fingerprint density at radius 1 is 1.53 bits per heavy atom. The number of hydrogen-bond donors (Lipinski definition) is 3. The van der Waals surface area contributed by atoms with E-state index in [0.29, 0.717) is 0 Å². The molecule has 17 heavy (non-hydrogen) atoms. The molecule has 0 aliphatic carbocycles. The fourth-order valence-corrected chi connectivity index (χ4v) is 2.71. The number of ether oxygens (including phenoxy) is 2. The summed E-state index contributed by atoms with van der Waals surface area (Å²) in [6.45, 7) is 2.08. The molecule has 1 aliphatic heterocycles. The summed E-state index contributed by atoms with van der Waals surface area (Å²) in [5, 5.41) is 19.2. The largest absolute Gasteiger partial charge is 0.393 e. The van der Waals surface area contributed by atoms with Crippen LogP contribution in [-0.4, -0.2) is 66.0 Å². The minimum Gasteiger partial charge on any atom is -0.393 e. The molecule has 102 valence electrons. The van der Waals surface area contributed by atoms with Crippen molar-refractivity contribution < 1.29 is 33.7 Å². The molecule has 1 saturated heterocycles. The second kappa shape index (κ2) is 5.32. The van der Waals surface area contributed by atoms with Crippen LogP contribution in [-0.2, 0) is 18.6 Å². The zero-order valence-electron chi connectivity index (χ0n) is 10.1. The van der Waals surface area contributed by atoms with Crippen LogP contribution in [0.1, 0.15) is 6.92 Å². The summed E-state index contributed by atoms with van der Waals surface area (Å²) in [4.78, 5) is 9.22. The van der Waals surface area contributed by atoms with E-state index >= 15 is 0 Å². The minimum absolute atomic E-state index is 0.0461. The number of hydrogen-bond acceptors (Lipinski definition) is 6. The van der Waals surface area contributed by atoms with Gasteiger partial charge in [-0.3, -0.25) is 9.09 Å². The molecule has 1 heterocycles. The van der Waals surface area contributed by atoms with E-state index in [1.165, 1.54) is 7.11 Å². The van der Waals surface area contributed by atoms with Gasteiger partial charge in [0, 0.05) is 13.8 Å². The van der Waals surface area contributed by atoms with E-state index in [1.54, 1.807) is 6.92 Å². The van der Waals surface area contributed by atoms with Gasteiger partial charge in [-0.1, -0.05) is 0 Å². The zero-order chi connectivity index (χ0) is 13.3. The van der Waals surface area contributed by atoms with E-state index in [1.807, 2.05) is 0 Å². The fraction of sp³-hybridized carbons (Fsp3) is 1.00. The van der Waals surface area contributed by atoms with Crippen LogP contribution in [0.2, 0.25) is 0 Å². The lowest BCUT2D eigenvalue weighted by Gasteiger charge is -2.32. The Morgan fingerprint density at radius 3 is 2.53 bits per heavy atom. The van der Waals surface area contributed by atoms with Crippen LogP contribution in [0.4, 0.5) is 0 Å². The summed E-state index contributed by atoms with van der Waals surface area (Å²) in [5.41, 5.74) is -1.32.